The third kappa shape index (κ3) is 3.97. The van der Waals surface area contributed by atoms with Gasteiger partial charge in [-0.05, 0) is 68.2 Å². The van der Waals surface area contributed by atoms with Crippen molar-refractivity contribution in [3.63, 3.8) is 0 Å². The van der Waals surface area contributed by atoms with E-state index in [0.717, 1.165) is 29.3 Å². The van der Waals surface area contributed by atoms with Gasteiger partial charge in [-0.1, -0.05) is 0 Å². The lowest BCUT2D eigenvalue weighted by Gasteiger charge is -2.43. The first kappa shape index (κ1) is 15.7. The molecule has 1 aromatic rings. The molecule has 1 aliphatic carbocycles. The maximum atomic E-state index is 10.1. The van der Waals surface area contributed by atoms with Gasteiger partial charge in [0.2, 0.25) is 6.41 Å². The maximum absolute atomic E-state index is 10.1. The molecule has 1 atom stereocenters. The number of aliphatic hydroxyl groups excluding tert-OH is 1. The summed E-state index contributed by atoms with van der Waals surface area (Å²) >= 11 is 2.28. The number of hydrogen-bond acceptors (Lipinski definition) is 4. The van der Waals surface area contributed by atoms with Gasteiger partial charge >= 0.3 is 0 Å². The Balaban J connectivity index is 1.58. The molecule has 1 aliphatic heterocycles. The molecule has 1 unspecified atom stereocenters. The summed E-state index contributed by atoms with van der Waals surface area (Å²) in [4.78, 5) is 1.97. The fourth-order valence-corrected chi connectivity index (χ4v) is 3.27. The van der Waals surface area contributed by atoms with Crippen molar-refractivity contribution in [1.29, 1.82) is 0 Å². The number of likely N-dealkylation sites (tertiary alicyclic amines) is 1. The van der Waals surface area contributed by atoms with E-state index in [9.17, 15) is 5.11 Å². The zero-order valence-corrected chi connectivity index (χ0v) is 15.1. The van der Waals surface area contributed by atoms with E-state index in [1.165, 1.54) is 18.5 Å². The molecule has 1 saturated carbocycles. The van der Waals surface area contributed by atoms with Crippen LogP contribution >= 0.6 is 22.6 Å². The quantitative estimate of drug-likeness (QED) is 0.604. The largest absolute Gasteiger partial charge is 0.356 e. The molecule has 0 radical (unpaired) electrons. The molecule has 0 spiro atoms. The van der Waals surface area contributed by atoms with Gasteiger partial charge in [-0.15, -0.1) is 0 Å². The first-order valence-electron chi connectivity index (χ1n) is 7.65. The first-order valence-corrected chi connectivity index (χ1v) is 8.73. The summed E-state index contributed by atoms with van der Waals surface area (Å²) in [6, 6.07) is 2.18. The van der Waals surface area contributed by atoms with Crippen LogP contribution in [0, 0.1) is 9.62 Å². The molecule has 2 heterocycles. The Bertz CT molecular complexity index is 502. The smallest absolute Gasteiger partial charge is 0.216 e. The number of aliphatic hydroxyl groups is 1. The highest BCUT2D eigenvalue weighted by atomic mass is 127. The maximum Gasteiger partial charge on any atom is 0.216 e. The molecule has 1 saturated heterocycles. The molecular weight excluding hydrogens is 381 g/mol. The van der Waals surface area contributed by atoms with E-state index >= 15 is 0 Å². The molecular formula is C15H24IN3O2. The van der Waals surface area contributed by atoms with Gasteiger partial charge in [0.25, 0.3) is 0 Å². The Kier molecular flexibility index (Phi) is 4.33. The van der Waals surface area contributed by atoms with Crippen molar-refractivity contribution in [3.05, 3.63) is 15.5 Å². The molecule has 3 rings (SSSR count). The summed E-state index contributed by atoms with van der Waals surface area (Å²) < 4.78 is 8.84. The van der Waals surface area contributed by atoms with Crippen molar-refractivity contribution in [2.24, 2.45) is 5.92 Å². The van der Waals surface area contributed by atoms with E-state index in [4.69, 9.17) is 4.74 Å². The molecule has 1 N–H and O–H groups in total. The Morgan fingerprint density at radius 3 is 2.67 bits per heavy atom. The highest BCUT2D eigenvalue weighted by molar-refractivity contribution is 14.1. The lowest BCUT2D eigenvalue weighted by Crippen LogP contribution is -2.53. The Hall–Kier alpha value is -0.180. The van der Waals surface area contributed by atoms with E-state index in [1.807, 2.05) is 25.7 Å². The van der Waals surface area contributed by atoms with Gasteiger partial charge < -0.3 is 9.84 Å². The van der Waals surface area contributed by atoms with Crippen molar-refractivity contribution in [2.75, 3.05) is 13.1 Å². The Morgan fingerprint density at radius 1 is 1.43 bits per heavy atom. The molecule has 2 fully saturated rings. The summed E-state index contributed by atoms with van der Waals surface area (Å²) in [6.45, 7) is 8.60. The first-order chi connectivity index (χ1) is 9.82. The number of hydrogen-bond donors (Lipinski definition) is 1. The lowest BCUT2D eigenvalue weighted by atomic mass is 9.96. The van der Waals surface area contributed by atoms with Crippen LogP contribution in [0.2, 0.25) is 0 Å². The average molecular weight is 405 g/mol. The van der Waals surface area contributed by atoms with Crippen LogP contribution in [-0.4, -0.2) is 44.9 Å². The van der Waals surface area contributed by atoms with Gasteiger partial charge in [0.05, 0.1) is 5.60 Å². The highest BCUT2D eigenvalue weighted by Crippen LogP contribution is 2.34. The molecule has 5 nitrogen and oxygen atoms in total. The average Bonchev–Trinajstić information content (AvgIpc) is 2.99. The molecule has 21 heavy (non-hydrogen) atoms. The van der Waals surface area contributed by atoms with Crippen LogP contribution in [0.3, 0.4) is 0 Å². The second kappa shape index (κ2) is 5.79. The fourth-order valence-electron chi connectivity index (χ4n) is 2.69. The molecule has 0 amide bonds. The summed E-state index contributed by atoms with van der Waals surface area (Å²) in [5, 5.41) is 14.7. The van der Waals surface area contributed by atoms with Crippen molar-refractivity contribution in [2.45, 2.75) is 58.1 Å². The number of halogens is 1. The lowest BCUT2D eigenvalue weighted by molar-refractivity contribution is -0.255. The minimum Gasteiger partial charge on any atom is -0.356 e. The zero-order valence-electron chi connectivity index (χ0n) is 12.9. The van der Waals surface area contributed by atoms with Gasteiger partial charge in [0, 0.05) is 31.2 Å². The SMILES string of the molecule is CC(C)(C)OC(O)N1CC(c2cc(I)nn2CC2CC2)C1. The Morgan fingerprint density at radius 2 is 2.10 bits per heavy atom. The van der Waals surface area contributed by atoms with E-state index in [0.29, 0.717) is 5.92 Å². The number of nitrogens with zero attached hydrogens (tertiary/aromatic N) is 3. The minimum absolute atomic E-state index is 0.326. The monoisotopic (exact) mass is 405 g/mol. The predicted molar refractivity (Wildman–Crippen MR) is 88.8 cm³/mol. The van der Waals surface area contributed by atoms with Crippen molar-refractivity contribution in [3.8, 4) is 0 Å². The van der Waals surface area contributed by atoms with Gasteiger partial charge in [-0.25, -0.2) is 0 Å². The Labute approximate surface area is 139 Å². The van der Waals surface area contributed by atoms with Crippen molar-refractivity contribution >= 4 is 22.6 Å². The molecule has 0 aromatic carbocycles. The third-order valence-electron chi connectivity index (χ3n) is 4.01. The van der Waals surface area contributed by atoms with Crippen LogP contribution in [0.4, 0.5) is 0 Å². The van der Waals surface area contributed by atoms with Gasteiger partial charge in [-0.3, -0.25) is 9.58 Å². The van der Waals surface area contributed by atoms with Crippen LogP contribution in [0.15, 0.2) is 6.07 Å². The van der Waals surface area contributed by atoms with Crippen LogP contribution < -0.4 is 0 Å². The minimum atomic E-state index is -0.805. The highest BCUT2D eigenvalue weighted by Gasteiger charge is 2.37. The summed E-state index contributed by atoms with van der Waals surface area (Å²) in [5.74, 6) is 1.28. The van der Waals surface area contributed by atoms with E-state index in [2.05, 4.69) is 38.4 Å². The van der Waals surface area contributed by atoms with E-state index in [-0.39, 0.29) is 5.60 Å². The third-order valence-corrected chi connectivity index (χ3v) is 4.54. The van der Waals surface area contributed by atoms with Gasteiger partial charge in [0.1, 0.15) is 3.70 Å². The molecule has 118 valence electrons. The second-order valence-electron chi connectivity index (χ2n) is 7.22. The van der Waals surface area contributed by atoms with Crippen LogP contribution in [-0.2, 0) is 11.3 Å². The second-order valence-corrected chi connectivity index (χ2v) is 8.33. The molecule has 2 aliphatic rings. The predicted octanol–water partition coefficient (Wildman–Crippen LogP) is 2.39. The summed E-state index contributed by atoms with van der Waals surface area (Å²) in [7, 11) is 0. The van der Waals surface area contributed by atoms with Crippen LogP contribution in [0.1, 0.15) is 45.2 Å². The van der Waals surface area contributed by atoms with Crippen LogP contribution in [0.25, 0.3) is 0 Å². The normalized spacial score (nSPS) is 22.3. The molecule has 1 aromatic heterocycles. The standard InChI is InChI=1S/C15H24IN3O2/c1-15(2,3)21-14(20)18-8-11(9-18)12-6-13(16)17-19(12)7-10-4-5-10/h6,10-11,14,20H,4-5,7-9H2,1-3H3. The molecule has 6 heteroatoms. The van der Waals surface area contributed by atoms with Crippen LogP contribution in [0.5, 0.6) is 0 Å². The number of ether oxygens (including phenoxy) is 1. The van der Waals surface area contributed by atoms with Crippen molar-refractivity contribution < 1.29 is 9.84 Å². The zero-order chi connectivity index (χ0) is 15.2. The summed E-state index contributed by atoms with van der Waals surface area (Å²) in [6.07, 6.45) is 1.87. The fraction of sp³-hybridized carbons (Fsp3) is 0.800. The van der Waals surface area contributed by atoms with Crippen molar-refractivity contribution in [1.82, 2.24) is 14.7 Å². The van der Waals surface area contributed by atoms with Gasteiger partial charge in [-0.2, -0.15) is 5.10 Å². The number of aromatic nitrogens is 2. The van der Waals surface area contributed by atoms with E-state index in [1.54, 1.807) is 0 Å². The number of rotatable bonds is 5. The summed E-state index contributed by atoms with van der Waals surface area (Å²) in [5.41, 5.74) is 0.985. The van der Waals surface area contributed by atoms with Gasteiger partial charge in [0.15, 0.2) is 0 Å². The molecule has 0 bridgehead atoms. The topological polar surface area (TPSA) is 50.5 Å². The van der Waals surface area contributed by atoms with E-state index < -0.39 is 6.41 Å².